The molecule has 6 nitrogen and oxygen atoms in total. The van der Waals surface area contributed by atoms with Crippen molar-refractivity contribution in [3.63, 3.8) is 0 Å². The fourth-order valence-electron chi connectivity index (χ4n) is 3.46. The van der Waals surface area contributed by atoms with E-state index in [-0.39, 0.29) is 11.5 Å². The van der Waals surface area contributed by atoms with Crippen molar-refractivity contribution in [1.82, 2.24) is 14.5 Å². The summed E-state index contributed by atoms with van der Waals surface area (Å²) >= 11 is 1.36. The Morgan fingerprint density at radius 3 is 2.96 bits per heavy atom. The Balaban J connectivity index is 1.80. The summed E-state index contributed by atoms with van der Waals surface area (Å²) in [6, 6.07) is 7.36. The van der Waals surface area contributed by atoms with Crippen LogP contribution >= 0.6 is 11.8 Å². The molecule has 7 heteroatoms. The van der Waals surface area contributed by atoms with Crippen molar-refractivity contribution >= 4 is 28.6 Å². The van der Waals surface area contributed by atoms with Gasteiger partial charge in [0.05, 0.1) is 16.7 Å². The van der Waals surface area contributed by atoms with E-state index >= 15 is 0 Å². The van der Waals surface area contributed by atoms with Gasteiger partial charge in [0.15, 0.2) is 5.16 Å². The van der Waals surface area contributed by atoms with Crippen LogP contribution in [0.1, 0.15) is 26.2 Å². The first kappa shape index (κ1) is 19.9. The van der Waals surface area contributed by atoms with Crippen molar-refractivity contribution in [3.05, 3.63) is 34.6 Å². The highest BCUT2D eigenvalue weighted by molar-refractivity contribution is 7.99. The molecule has 2 heterocycles. The number of ether oxygens (including phenoxy) is 1. The first-order valence-electron chi connectivity index (χ1n) is 9.49. The number of thioether (sulfide) groups is 1. The molecular weight excluding hydrogens is 362 g/mol. The molecule has 146 valence electrons. The summed E-state index contributed by atoms with van der Waals surface area (Å²) in [5.74, 6) is 0.984. The fraction of sp³-hybridized carbons (Fsp3) is 0.550. The van der Waals surface area contributed by atoms with Gasteiger partial charge in [-0.25, -0.2) is 4.98 Å². The first-order valence-corrected chi connectivity index (χ1v) is 10.5. The van der Waals surface area contributed by atoms with E-state index in [1.54, 1.807) is 17.7 Å². The van der Waals surface area contributed by atoms with Crippen LogP contribution in [-0.4, -0.2) is 52.9 Å². The summed E-state index contributed by atoms with van der Waals surface area (Å²) in [4.78, 5) is 32.1. The van der Waals surface area contributed by atoms with E-state index in [2.05, 4.69) is 11.9 Å². The van der Waals surface area contributed by atoms with Crippen LogP contribution in [0.4, 0.5) is 0 Å². The van der Waals surface area contributed by atoms with E-state index in [1.165, 1.54) is 18.2 Å². The van der Waals surface area contributed by atoms with E-state index < -0.39 is 0 Å². The number of benzene rings is 1. The molecule has 1 aliphatic heterocycles. The van der Waals surface area contributed by atoms with Crippen LogP contribution in [0.2, 0.25) is 0 Å². The molecule has 0 radical (unpaired) electrons. The van der Waals surface area contributed by atoms with Gasteiger partial charge in [-0.3, -0.25) is 14.2 Å². The second-order valence-corrected chi connectivity index (χ2v) is 8.03. The average Bonchev–Trinajstić information content (AvgIpc) is 2.68. The number of fused-ring (bicyclic) bond motifs is 1. The van der Waals surface area contributed by atoms with Crippen molar-refractivity contribution in [2.75, 3.05) is 32.6 Å². The lowest BCUT2D eigenvalue weighted by Gasteiger charge is -2.30. The van der Waals surface area contributed by atoms with Crippen molar-refractivity contribution in [2.45, 2.75) is 37.9 Å². The van der Waals surface area contributed by atoms with Gasteiger partial charge in [-0.05, 0) is 37.3 Å². The lowest BCUT2D eigenvalue weighted by atomic mass is 10.0. The lowest BCUT2D eigenvalue weighted by molar-refractivity contribution is -0.130. The number of para-hydroxylation sites is 1. The van der Waals surface area contributed by atoms with Crippen LogP contribution < -0.4 is 5.56 Å². The van der Waals surface area contributed by atoms with Gasteiger partial charge in [0.1, 0.15) is 0 Å². The molecular formula is C20H27N3O3S. The zero-order valence-electron chi connectivity index (χ0n) is 16.0. The van der Waals surface area contributed by atoms with Crippen LogP contribution in [-0.2, 0) is 16.1 Å². The van der Waals surface area contributed by atoms with Crippen molar-refractivity contribution in [2.24, 2.45) is 5.92 Å². The quantitative estimate of drug-likeness (QED) is 0.414. The Labute approximate surface area is 163 Å². The summed E-state index contributed by atoms with van der Waals surface area (Å²) in [6.07, 6.45) is 2.97. The van der Waals surface area contributed by atoms with Crippen molar-refractivity contribution in [1.29, 1.82) is 0 Å². The predicted molar refractivity (Wildman–Crippen MR) is 108 cm³/mol. The molecule has 1 aliphatic rings. The van der Waals surface area contributed by atoms with E-state index in [0.29, 0.717) is 40.9 Å². The summed E-state index contributed by atoms with van der Waals surface area (Å²) in [5.41, 5.74) is 0.616. The van der Waals surface area contributed by atoms with Gasteiger partial charge in [-0.1, -0.05) is 30.8 Å². The van der Waals surface area contributed by atoms with Gasteiger partial charge < -0.3 is 9.64 Å². The average molecular weight is 390 g/mol. The summed E-state index contributed by atoms with van der Waals surface area (Å²) in [5, 5.41) is 1.21. The highest BCUT2D eigenvalue weighted by Gasteiger charge is 2.21. The smallest absolute Gasteiger partial charge is 0.262 e. The second-order valence-electron chi connectivity index (χ2n) is 7.09. The van der Waals surface area contributed by atoms with Crippen LogP contribution in [0.25, 0.3) is 10.9 Å². The third-order valence-corrected chi connectivity index (χ3v) is 5.85. The Bertz CT molecular complexity index is 852. The first-order chi connectivity index (χ1) is 13.1. The van der Waals surface area contributed by atoms with E-state index in [9.17, 15) is 9.59 Å². The van der Waals surface area contributed by atoms with Gasteiger partial charge in [0, 0.05) is 33.4 Å². The van der Waals surface area contributed by atoms with E-state index in [0.717, 1.165) is 25.9 Å². The molecule has 1 saturated heterocycles. The minimum atomic E-state index is -0.0572. The number of hydrogen-bond donors (Lipinski definition) is 0. The monoisotopic (exact) mass is 389 g/mol. The maximum Gasteiger partial charge on any atom is 0.262 e. The molecule has 0 bridgehead atoms. The Morgan fingerprint density at radius 2 is 2.19 bits per heavy atom. The largest absolute Gasteiger partial charge is 0.385 e. The molecule has 2 aromatic rings. The summed E-state index contributed by atoms with van der Waals surface area (Å²) in [7, 11) is 1.65. The van der Waals surface area contributed by atoms with Crippen molar-refractivity contribution < 1.29 is 9.53 Å². The Hall–Kier alpha value is -1.86. The predicted octanol–water partition coefficient (Wildman–Crippen LogP) is 2.78. The van der Waals surface area contributed by atoms with Gasteiger partial charge in [-0.15, -0.1) is 0 Å². The van der Waals surface area contributed by atoms with Gasteiger partial charge >= 0.3 is 0 Å². The van der Waals surface area contributed by atoms with Gasteiger partial charge in [-0.2, -0.15) is 0 Å². The highest BCUT2D eigenvalue weighted by atomic mass is 32.2. The summed E-state index contributed by atoms with van der Waals surface area (Å²) < 4.78 is 6.79. The highest BCUT2D eigenvalue weighted by Crippen LogP contribution is 2.21. The third kappa shape index (κ3) is 4.90. The van der Waals surface area contributed by atoms with E-state index in [4.69, 9.17) is 4.74 Å². The van der Waals surface area contributed by atoms with Crippen LogP contribution in [0, 0.1) is 5.92 Å². The molecule has 1 aromatic carbocycles. The number of methoxy groups -OCH3 is 1. The molecule has 0 N–H and O–H groups in total. The Kier molecular flexibility index (Phi) is 6.90. The molecule has 0 saturated carbocycles. The number of nitrogens with zero attached hydrogens (tertiary/aromatic N) is 3. The molecule has 1 atom stereocenters. The number of piperidine rings is 1. The maximum absolute atomic E-state index is 12.9. The SMILES string of the molecule is COCCCn1c(SCC(=O)N2CCCC(C)C2)nc2ccccc2c1=O. The van der Waals surface area contributed by atoms with Crippen LogP contribution in [0.15, 0.2) is 34.2 Å². The lowest BCUT2D eigenvalue weighted by Crippen LogP contribution is -2.40. The number of likely N-dealkylation sites (tertiary alicyclic amines) is 1. The molecule has 3 rings (SSSR count). The normalized spacial score (nSPS) is 17.4. The Morgan fingerprint density at radius 1 is 1.37 bits per heavy atom. The molecule has 0 aliphatic carbocycles. The molecule has 1 amide bonds. The number of aromatic nitrogens is 2. The number of carbonyl (C=O) groups is 1. The van der Waals surface area contributed by atoms with E-state index in [1.807, 2.05) is 23.1 Å². The number of rotatable bonds is 7. The van der Waals surface area contributed by atoms with Gasteiger partial charge in [0.2, 0.25) is 5.91 Å². The molecule has 1 aromatic heterocycles. The topological polar surface area (TPSA) is 64.4 Å². The number of amides is 1. The zero-order chi connectivity index (χ0) is 19.2. The van der Waals surface area contributed by atoms with Crippen molar-refractivity contribution in [3.8, 4) is 0 Å². The third-order valence-electron chi connectivity index (χ3n) is 4.89. The summed E-state index contributed by atoms with van der Waals surface area (Å²) in [6.45, 7) is 4.95. The molecule has 1 unspecified atom stereocenters. The zero-order valence-corrected chi connectivity index (χ0v) is 16.8. The van der Waals surface area contributed by atoms with Crippen LogP contribution in [0.3, 0.4) is 0 Å². The molecule has 0 spiro atoms. The minimum Gasteiger partial charge on any atom is -0.385 e. The van der Waals surface area contributed by atoms with Gasteiger partial charge in [0.25, 0.3) is 5.56 Å². The standard InChI is InChI=1S/C20H27N3O3S/c1-15-7-5-10-22(13-15)18(24)14-27-20-21-17-9-4-3-8-16(17)19(25)23(20)11-6-12-26-2/h3-4,8-9,15H,5-7,10-14H2,1-2H3. The second kappa shape index (κ2) is 9.37. The fourth-order valence-corrected chi connectivity index (χ4v) is 4.38. The number of carbonyl (C=O) groups excluding carboxylic acids is 1. The number of hydrogen-bond acceptors (Lipinski definition) is 5. The minimum absolute atomic E-state index is 0.0572. The molecule has 1 fully saturated rings. The maximum atomic E-state index is 12.9. The van der Waals surface area contributed by atoms with Crippen LogP contribution in [0.5, 0.6) is 0 Å². The molecule has 27 heavy (non-hydrogen) atoms.